The smallest absolute Gasteiger partial charge is 0.326 e. The standard InChI is InChI=1S/C18H28N2O3/c1-13(2)8-7-9-14(3)19-18(23)20-16(17(21)22)12-15-10-5-4-6-11-15/h4-6,10-11,13-14,16H,7-9,12H2,1-3H3,(H,21,22)(H2,19,20,23). The van der Waals surface area contributed by atoms with Gasteiger partial charge in [0.15, 0.2) is 0 Å². The summed E-state index contributed by atoms with van der Waals surface area (Å²) < 4.78 is 0. The number of carbonyl (C=O) groups is 2. The van der Waals surface area contributed by atoms with Crippen LogP contribution in [0.2, 0.25) is 0 Å². The summed E-state index contributed by atoms with van der Waals surface area (Å²) in [5.41, 5.74) is 0.880. The molecule has 3 N–H and O–H groups in total. The third-order valence-electron chi connectivity index (χ3n) is 3.68. The molecule has 0 saturated carbocycles. The number of carboxylic acids is 1. The molecule has 5 heteroatoms. The van der Waals surface area contributed by atoms with Crippen molar-refractivity contribution in [1.82, 2.24) is 10.6 Å². The molecule has 1 aromatic carbocycles. The molecular weight excluding hydrogens is 292 g/mol. The van der Waals surface area contributed by atoms with E-state index in [0.717, 1.165) is 24.8 Å². The molecule has 5 nitrogen and oxygen atoms in total. The number of urea groups is 1. The van der Waals surface area contributed by atoms with Crippen molar-refractivity contribution in [2.24, 2.45) is 5.92 Å². The Morgan fingerprint density at radius 2 is 1.70 bits per heavy atom. The highest BCUT2D eigenvalue weighted by Gasteiger charge is 2.20. The van der Waals surface area contributed by atoms with Gasteiger partial charge in [-0.25, -0.2) is 9.59 Å². The molecule has 0 spiro atoms. The van der Waals surface area contributed by atoms with Gasteiger partial charge < -0.3 is 15.7 Å². The Morgan fingerprint density at radius 3 is 2.26 bits per heavy atom. The molecule has 1 rings (SSSR count). The van der Waals surface area contributed by atoms with Crippen LogP contribution in [0, 0.1) is 5.92 Å². The van der Waals surface area contributed by atoms with Gasteiger partial charge in [-0.05, 0) is 24.8 Å². The van der Waals surface area contributed by atoms with Crippen LogP contribution in [0.3, 0.4) is 0 Å². The van der Waals surface area contributed by atoms with Gasteiger partial charge in [0.2, 0.25) is 0 Å². The molecular formula is C18H28N2O3. The van der Waals surface area contributed by atoms with Crippen LogP contribution in [0.4, 0.5) is 4.79 Å². The predicted octanol–water partition coefficient (Wildman–Crippen LogP) is 3.20. The zero-order chi connectivity index (χ0) is 17.2. The molecule has 0 aliphatic carbocycles. The number of carboxylic acid groups (broad SMARTS) is 1. The quantitative estimate of drug-likeness (QED) is 0.654. The van der Waals surface area contributed by atoms with Crippen LogP contribution < -0.4 is 10.6 Å². The van der Waals surface area contributed by atoms with Crippen LogP contribution in [-0.4, -0.2) is 29.2 Å². The van der Waals surface area contributed by atoms with E-state index in [0.29, 0.717) is 5.92 Å². The van der Waals surface area contributed by atoms with Gasteiger partial charge in [0.1, 0.15) is 6.04 Å². The number of amides is 2. The number of nitrogens with one attached hydrogen (secondary N) is 2. The maximum atomic E-state index is 12.0. The average molecular weight is 320 g/mol. The van der Waals surface area contributed by atoms with Crippen molar-refractivity contribution in [3.63, 3.8) is 0 Å². The summed E-state index contributed by atoms with van der Waals surface area (Å²) in [6, 6.07) is 7.95. The zero-order valence-corrected chi connectivity index (χ0v) is 14.2. The molecule has 0 bridgehead atoms. The molecule has 2 atom stereocenters. The Balaban J connectivity index is 2.43. The van der Waals surface area contributed by atoms with Crippen molar-refractivity contribution in [1.29, 1.82) is 0 Å². The van der Waals surface area contributed by atoms with E-state index in [2.05, 4.69) is 24.5 Å². The third kappa shape index (κ3) is 8.24. The normalized spacial score (nSPS) is 13.4. The Kier molecular flexibility index (Phi) is 8.16. The summed E-state index contributed by atoms with van der Waals surface area (Å²) in [7, 11) is 0. The van der Waals surface area contributed by atoms with Crippen LogP contribution in [0.25, 0.3) is 0 Å². The second-order valence-electron chi connectivity index (χ2n) is 6.42. The van der Waals surface area contributed by atoms with Gasteiger partial charge in [0, 0.05) is 12.5 Å². The second kappa shape index (κ2) is 9.87. The summed E-state index contributed by atoms with van der Waals surface area (Å²) in [6.45, 7) is 6.28. The first-order valence-corrected chi connectivity index (χ1v) is 8.22. The fourth-order valence-corrected chi connectivity index (χ4v) is 2.38. The summed E-state index contributed by atoms with van der Waals surface area (Å²) in [5, 5.41) is 14.6. The molecule has 1 aromatic rings. The van der Waals surface area contributed by atoms with E-state index in [4.69, 9.17) is 0 Å². The van der Waals surface area contributed by atoms with E-state index in [1.54, 1.807) is 0 Å². The fourth-order valence-electron chi connectivity index (χ4n) is 2.38. The summed E-state index contributed by atoms with van der Waals surface area (Å²) >= 11 is 0. The number of aliphatic carboxylic acids is 1. The van der Waals surface area contributed by atoms with Gasteiger partial charge >= 0.3 is 12.0 Å². The fraction of sp³-hybridized carbons (Fsp3) is 0.556. The van der Waals surface area contributed by atoms with E-state index in [1.807, 2.05) is 37.3 Å². The van der Waals surface area contributed by atoms with E-state index in [1.165, 1.54) is 0 Å². The molecule has 2 unspecified atom stereocenters. The monoisotopic (exact) mass is 320 g/mol. The number of benzene rings is 1. The van der Waals surface area contributed by atoms with E-state index < -0.39 is 18.0 Å². The minimum atomic E-state index is -1.03. The zero-order valence-electron chi connectivity index (χ0n) is 14.2. The van der Waals surface area contributed by atoms with Crippen molar-refractivity contribution in [2.75, 3.05) is 0 Å². The van der Waals surface area contributed by atoms with Crippen LogP contribution in [0.15, 0.2) is 30.3 Å². The molecule has 0 aliphatic rings. The van der Waals surface area contributed by atoms with Gasteiger partial charge in [0.25, 0.3) is 0 Å². The summed E-state index contributed by atoms with van der Waals surface area (Å²) in [4.78, 5) is 23.3. The minimum Gasteiger partial charge on any atom is -0.480 e. The van der Waals surface area contributed by atoms with Crippen LogP contribution in [-0.2, 0) is 11.2 Å². The Labute approximate surface area is 138 Å². The molecule has 0 aromatic heterocycles. The average Bonchev–Trinajstić information content (AvgIpc) is 2.47. The first-order valence-electron chi connectivity index (χ1n) is 8.22. The highest BCUT2D eigenvalue weighted by molar-refractivity contribution is 5.82. The molecule has 2 amide bonds. The molecule has 0 saturated heterocycles. The summed E-state index contributed by atoms with van der Waals surface area (Å²) in [6.07, 6.45) is 3.33. The van der Waals surface area contributed by atoms with Crippen LogP contribution in [0.1, 0.15) is 45.6 Å². The lowest BCUT2D eigenvalue weighted by Gasteiger charge is -2.19. The molecule has 0 aliphatic heterocycles. The molecule has 0 heterocycles. The summed E-state index contributed by atoms with van der Waals surface area (Å²) in [5.74, 6) is -0.380. The van der Waals surface area contributed by atoms with Crippen molar-refractivity contribution >= 4 is 12.0 Å². The lowest BCUT2D eigenvalue weighted by atomic mass is 10.0. The van der Waals surface area contributed by atoms with Gasteiger partial charge in [0.05, 0.1) is 0 Å². The van der Waals surface area contributed by atoms with Gasteiger partial charge in [-0.2, -0.15) is 0 Å². The van der Waals surface area contributed by atoms with Gasteiger partial charge in [-0.15, -0.1) is 0 Å². The Bertz CT molecular complexity index is 488. The van der Waals surface area contributed by atoms with E-state index in [9.17, 15) is 14.7 Å². The number of carbonyl (C=O) groups excluding carboxylic acids is 1. The highest BCUT2D eigenvalue weighted by atomic mass is 16.4. The predicted molar refractivity (Wildman–Crippen MR) is 91.4 cm³/mol. The van der Waals surface area contributed by atoms with Crippen molar-refractivity contribution < 1.29 is 14.7 Å². The largest absolute Gasteiger partial charge is 0.480 e. The maximum Gasteiger partial charge on any atom is 0.326 e. The molecule has 128 valence electrons. The number of rotatable bonds is 9. The number of hydrogen-bond donors (Lipinski definition) is 3. The lowest BCUT2D eigenvalue weighted by Crippen LogP contribution is -2.49. The van der Waals surface area contributed by atoms with Crippen molar-refractivity contribution in [3.8, 4) is 0 Å². The first-order chi connectivity index (χ1) is 10.9. The minimum absolute atomic E-state index is 0.0277. The van der Waals surface area contributed by atoms with Crippen molar-refractivity contribution in [3.05, 3.63) is 35.9 Å². The Hall–Kier alpha value is -2.04. The molecule has 23 heavy (non-hydrogen) atoms. The SMILES string of the molecule is CC(C)CCCC(C)NC(=O)NC(Cc1ccccc1)C(=O)O. The molecule has 0 fully saturated rings. The Morgan fingerprint density at radius 1 is 1.04 bits per heavy atom. The topological polar surface area (TPSA) is 78.4 Å². The third-order valence-corrected chi connectivity index (χ3v) is 3.68. The van der Waals surface area contributed by atoms with Crippen LogP contribution >= 0.6 is 0 Å². The van der Waals surface area contributed by atoms with Crippen LogP contribution in [0.5, 0.6) is 0 Å². The number of hydrogen-bond acceptors (Lipinski definition) is 2. The van der Waals surface area contributed by atoms with Gasteiger partial charge in [-0.3, -0.25) is 0 Å². The molecule has 0 radical (unpaired) electrons. The highest BCUT2D eigenvalue weighted by Crippen LogP contribution is 2.08. The van der Waals surface area contributed by atoms with E-state index >= 15 is 0 Å². The van der Waals surface area contributed by atoms with Gasteiger partial charge in [-0.1, -0.05) is 57.0 Å². The first kappa shape index (κ1) is 19.0. The second-order valence-corrected chi connectivity index (χ2v) is 6.42. The lowest BCUT2D eigenvalue weighted by molar-refractivity contribution is -0.139. The van der Waals surface area contributed by atoms with Crippen molar-refractivity contribution in [2.45, 2.75) is 58.5 Å². The maximum absolute atomic E-state index is 12.0. The van der Waals surface area contributed by atoms with E-state index in [-0.39, 0.29) is 12.5 Å².